The van der Waals surface area contributed by atoms with Crippen molar-refractivity contribution in [3.05, 3.63) is 47.7 Å². The van der Waals surface area contributed by atoms with Crippen LogP contribution in [0.3, 0.4) is 0 Å². The van der Waals surface area contributed by atoms with E-state index in [2.05, 4.69) is 15.0 Å². The van der Waals surface area contributed by atoms with Gasteiger partial charge < -0.3 is 5.32 Å². The van der Waals surface area contributed by atoms with Gasteiger partial charge in [0.05, 0.1) is 4.90 Å². The number of nitrogens with one attached hydrogen (secondary N) is 2. The zero-order valence-electron chi connectivity index (χ0n) is 11.8. The molecule has 0 aliphatic carbocycles. The minimum Gasteiger partial charge on any atom is -0.385 e. The molecule has 6 heteroatoms. The number of aryl methyl sites for hydroxylation is 2. The van der Waals surface area contributed by atoms with Crippen LogP contribution >= 0.6 is 0 Å². The van der Waals surface area contributed by atoms with E-state index in [1.54, 1.807) is 24.4 Å². The molecule has 0 radical (unpaired) electrons. The molecular formula is C15H17N3O2S. The molecule has 5 nitrogen and oxygen atoms in total. The Labute approximate surface area is 124 Å². The number of benzene rings is 1. The van der Waals surface area contributed by atoms with Crippen LogP contribution in [0.15, 0.2) is 41.4 Å². The zero-order chi connectivity index (χ0) is 14.9. The Bertz CT molecular complexity index is 772. The first-order valence-electron chi connectivity index (χ1n) is 6.87. The molecule has 0 saturated carbocycles. The van der Waals surface area contributed by atoms with E-state index in [1.807, 2.05) is 19.1 Å². The van der Waals surface area contributed by atoms with Crippen LogP contribution in [0, 0.1) is 6.92 Å². The molecule has 21 heavy (non-hydrogen) atoms. The van der Waals surface area contributed by atoms with Crippen molar-refractivity contribution in [1.82, 2.24) is 4.98 Å². The van der Waals surface area contributed by atoms with Gasteiger partial charge in [0, 0.05) is 18.4 Å². The largest absolute Gasteiger partial charge is 0.385 e. The first kappa shape index (κ1) is 13.9. The maximum atomic E-state index is 12.5. The molecule has 0 spiro atoms. The Morgan fingerprint density at radius 1 is 1.29 bits per heavy atom. The fourth-order valence-corrected chi connectivity index (χ4v) is 3.49. The lowest BCUT2D eigenvalue weighted by molar-refractivity contribution is 0.601. The number of hydrogen-bond acceptors (Lipinski definition) is 4. The number of rotatable bonds is 3. The van der Waals surface area contributed by atoms with Crippen molar-refractivity contribution in [2.24, 2.45) is 0 Å². The second-order valence-corrected chi connectivity index (χ2v) is 6.81. The summed E-state index contributed by atoms with van der Waals surface area (Å²) in [6.07, 6.45) is 3.62. The van der Waals surface area contributed by atoms with Gasteiger partial charge in [-0.05, 0) is 49.1 Å². The summed E-state index contributed by atoms with van der Waals surface area (Å²) in [5.74, 6) is 0.364. The third-order valence-electron chi connectivity index (χ3n) is 3.57. The summed E-state index contributed by atoms with van der Waals surface area (Å²) in [6.45, 7) is 2.70. The molecule has 0 bridgehead atoms. The van der Waals surface area contributed by atoms with Crippen LogP contribution in [0.2, 0.25) is 0 Å². The van der Waals surface area contributed by atoms with Gasteiger partial charge in [-0.25, -0.2) is 13.4 Å². The van der Waals surface area contributed by atoms with Crippen molar-refractivity contribution in [3.8, 4) is 0 Å². The monoisotopic (exact) mass is 303 g/mol. The van der Waals surface area contributed by atoms with E-state index in [-0.39, 0.29) is 4.90 Å². The van der Waals surface area contributed by atoms with Gasteiger partial charge in [-0.2, -0.15) is 0 Å². The van der Waals surface area contributed by atoms with E-state index in [0.29, 0.717) is 5.82 Å². The fourth-order valence-electron chi connectivity index (χ4n) is 2.39. The average molecular weight is 303 g/mol. The number of sulfonamides is 1. The van der Waals surface area contributed by atoms with Crippen LogP contribution in [-0.2, 0) is 16.4 Å². The standard InChI is InChI=1S/C15H17N3O2S/c1-11-4-2-9-17-15(11)18-21(19,20)13-7-6-12-5-3-8-16-14(12)10-13/h2,4,6-7,9-10,16H,3,5,8H2,1H3,(H,17,18). The molecule has 0 saturated heterocycles. The van der Waals surface area contributed by atoms with Crippen LogP contribution in [0.1, 0.15) is 17.5 Å². The van der Waals surface area contributed by atoms with E-state index in [4.69, 9.17) is 0 Å². The summed E-state index contributed by atoms with van der Waals surface area (Å²) in [6, 6.07) is 8.80. The van der Waals surface area contributed by atoms with Gasteiger partial charge in [0.15, 0.2) is 0 Å². The van der Waals surface area contributed by atoms with E-state index in [0.717, 1.165) is 36.2 Å². The SMILES string of the molecule is Cc1cccnc1NS(=O)(=O)c1ccc2c(c1)NCCC2. The highest BCUT2D eigenvalue weighted by molar-refractivity contribution is 7.92. The first-order chi connectivity index (χ1) is 10.1. The summed E-state index contributed by atoms with van der Waals surface area (Å²) < 4.78 is 27.5. The summed E-state index contributed by atoms with van der Waals surface area (Å²) >= 11 is 0. The van der Waals surface area contributed by atoms with E-state index in [9.17, 15) is 8.42 Å². The molecule has 1 aromatic carbocycles. The lowest BCUT2D eigenvalue weighted by atomic mass is 10.0. The highest BCUT2D eigenvalue weighted by Gasteiger charge is 2.18. The van der Waals surface area contributed by atoms with Gasteiger partial charge in [-0.15, -0.1) is 0 Å². The molecule has 1 aromatic heterocycles. The Morgan fingerprint density at radius 3 is 2.95 bits per heavy atom. The number of aromatic nitrogens is 1. The molecule has 2 heterocycles. The van der Waals surface area contributed by atoms with Crippen LogP contribution in [-0.4, -0.2) is 19.9 Å². The van der Waals surface area contributed by atoms with E-state index < -0.39 is 10.0 Å². The highest BCUT2D eigenvalue weighted by atomic mass is 32.2. The lowest BCUT2D eigenvalue weighted by Crippen LogP contribution is -2.17. The van der Waals surface area contributed by atoms with Crippen molar-refractivity contribution in [2.75, 3.05) is 16.6 Å². The van der Waals surface area contributed by atoms with Gasteiger partial charge in [0.2, 0.25) is 0 Å². The van der Waals surface area contributed by atoms with Crippen molar-refractivity contribution in [3.63, 3.8) is 0 Å². The Morgan fingerprint density at radius 2 is 2.14 bits per heavy atom. The summed E-state index contributed by atoms with van der Waals surface area (Å²) in [5, 5.41) is 3.24. The number of hydrogen-bond donors (Lipinski definition) is 2. The summed E-state index contributed by atoms with van der Waals surface area (Å²) in [7, 11) is -3.62. The molecule has 0 unspecified atom stereocenters. The number of pyridine rings is 1. The topological polar surface area (TPSA) is 71.1 Å². The molecule has 2 aromatic rings. The van der Waals surface area contributed by atoms with E-state index >= 15 is 0 Å². The maximum Gasteiger partial charge on any atom is 0.263 e. The van der Waals surface area contributed by atoms with Gasteiger partial charge in [0.1, 0.15) is 5.82 Å². The third-order valence-corrected chi connectivity index (χ3v) is 4.91. The van der Waals surface area contributed by atoms with Crippen LogP contribution < -0.4 is 10.0 Å². The molecule has 0 amide bonds. The van der Waals surface area contributed by atoms with Crippen molar-refractivity contribution in [1.29, 1.82) is 0 Å². The predicted molar refractivity (Wildman–Crippen MR) is 83.0 cm³/mol. The molecule has 1 aliphatic rings. The van der Waals surface area contributed by atoms with Gasteiger partial charge in [-0.3, -0.25) is 4.72 Å². The van der Waals surface area contributed by atoms with Crippen molar-refractivity contribution < 1.29 is 8.42 Å². The van der Waals surface area contributed by atoms with Crippen LogP contribution in [0.4, 0.5) is 11.5 Å². The number of nitrogens with zero attached hydrogens (tertiary/aromatic N) is 1. The summed E-state index contributed by atoms with van der Waals surface area (Å²) in [5.41, 5.74) is 2.85. The number of fused-ring (bicyclic) bond motifs is 1. The summed E-state index contributed by atoms with van der Waals surface area (Å²) in [4.78, 5) is 4.32. The minimum absolute atomic E-state index is 0.251. The molecule has 3 rings (SSSR count). The first-order valence-corrected chi connectivity index (χ1v) is 8.36. The van der Waals surface area contributed by atoms with Crippen LogP contribution in [0.25, 0.3) is 0 Å². The van der Waals surface area contributed by atoms with Crippen LogP contribution in [0.5, 0.6) is 0 Å². The highest BCUT2D eigenvalue weighted by Crippen LogP contribution is 2.26. The molecule has 2 N–H and O–H groups in total. The Kier molecular flexibility index (Phi) is 3.55. The smallest absolute Gasteiger partial charge is 0.263 e. The average Bonchev–Trinajstić information content (AvgIpc) is 2.49. The van der Waals surface area contributed by atoms with E-state index in [1.165, 1.54) is 0 Å². The lowest BCUT2D eigenvalue weighted by Gasteiger charge is -2.19. The maximum absolute atomic E-state index is 12.5. The molecule has 110 valence electrons. The Hall–Kier alpha value is -2.08. The normalized spacial score (nSPS) is 14.1. The second-order valence-electron chi connectivity index (χ2n) is 5.12. The molecular weight excluding hydrogens is 286 g/mol. The minimum atomic E-state index is -3.62. The van der Waals surface area contributed by atoms with Crippen molar-refractivity contribution in [2.45, 2.75) is 24.7 Å². The zero-order valence-corrected chi connectivity index (χ0v) is 12.6. The molecule has 0 atom stereocenters. The molecule has 1 aliphatic heterocycles. The predicted octanol–water partition coefficient (Wildman–Crippen LogP) is 2.55. The third kappa shape index (κ3) is 2.85. The van der Waals surface area contributed by atoms with Crippen molar-refractivity contribution >= 4 is 21.5 Å². The second kappa shape index (κ2) is 5.37. The van der Waals surface area contributed by atoms with Gasteiger partial charge in [0.25, 0.3) is 10.0 Å². The Balaban J connectivity index is 1.93. The molecule has 0 fully saturated rings. The fraction of sp³-hybridized carbons (Fsp3) is 0.267. The number of anilines is 2. The quantitative estimate of drug-likeness (QED) is 0.914. The van der Waals surface area contributed by atoms with Gasteiger partial charge in [-0.1, -0.05) is 12.1 Å². The van der Waals surface area contributed by atoms with Gasteiger partial charge >= 0.3 is 0 Å².